The van der Waals surface area contributed by atoms with Gasteiger partial charge in [-0.05, 0) is 75.7 Å². The number of aliphatic hydroxyl groups is 1. The molecule has 6 rings (SSSR count). The van der Waals surface area contributed by atoms with Crippen molar-refractivity contribution in [3.63, 3.8) is 0 Å². The number of nitrogens with zero attached hydrogens (tertiary/aromatic N) is 6. The van der Waals surface area contributed by atoms with Gasteiger partial charge in [-0.25, -0.2) is 9.97 Å². The zero-order chi connectivity index (χ0) is 23.2. The predicted molar refractivity (Wildman–Crippen MR) is 132 cm³/mol. The highest BCUT2D eigenvalue weighted by Crippen LogP contribution is 2.35. The van der Waals surface area contributed by atoms with Gasteiger partial charge in [-0.2, -0.15) is 5.10 Å². The van der Waals surface area contributed by atoms with Crippen molar-refractivity contribution < 1.29 is 5.11 Å². The van der Waals surface area contributed by atoms with Crippen LogP contribution in [0.15, 0.2) is 48.8 Å². The van der Waals surface area contributed by atoms with Crippen LogP contribution in [0.25, 0.3) is 16.9 Å². The van der Waals surface area contributed by atoms with Gasteiger partial charge in [0.2, 0.25) is 0 Å². The van der Waals surface area contributed by atoms with Gasteiger partial charge >= 0.3 is 0 Å². The number of rotatable bonds is 5. The molecule has 34 heavy (non-hydrogen) atoms. The van der Waals surface area contributed by atoms with Crippen molar-refractivity contribution in [2.75, 3.05) is 23.3 Å². The topological polar surface area (TPSA) is 104 Å². The first-order valence-electron chi connectivity index (χ1n) is 11.8. The summed E-state index contributed by atoms with van der Waals surface area (Å²) in [6, 6.07) is 14.7. The molecule has 3 atom stereocenters. The largest absolute Gasteiger partial charge is 0.389 e. The Morgan fingerprint density at radius 2 is 2.03 bits per heavy atom. The van der Waals surface area contributed by atoms with Gasteiger partial charge in [-0.3, -0.25) is 4.57 Å². The summed E-state index contributed by atoms with van der Waals surface area (Å²) in [5.41, 5.74) is 4.46. The fourth-order valence-corrected chi connectivity index (χ4v) is 5.15. The van der Waals surface area contributed by atoms with Gasteiger partial charge in [-0.15, -0.1) is 5.10 Å². The van der Waals surface area contributed by atoms with E-state index in [0.717, 1.165) is 65.5 Å². The molecule has 2 fully saturated rings. The molecule has 4 aromatic rings. The fraction of sp³-hybridized carbons (Fsp3) is 0.360. The van der Waals surface area contributed by atoms with Crippen LogP contribution in [0.4, 0.5) is 17.3 Å². The standard InChI is InChI=1S/C25H28N8O/c1-15-3-7-23(31-30-15)28-17-4-6-21-20(13-17)27-14-33(21)24-8-5-18(16(2)34)25(29-24)32-12-10-19-22(32)9-11-26-19/h3-8,13-14,16,19,22,26,34H,9-12H2,1-2H3,(H,28,31)/t16?,19-,22+/m1/s1. The number of aryl methyl sites for hydroxylation is 1. The molecule has 2 saturated heterocycles. The first kappa shape index (κ1) is 21.0. The molecule has 0 aliphatic carbocycles. The van der Waals surface area contributed by atoms with Crippen molar-refractivity contribution in [2.24, 2.45) is 0 Å². The number of hydrogen-bond acceptors (Lipinski definition) is 8. The summed E-state index contributed by atoms with van der Waals surface area (Å²) in [4.78, 5) is 12.1. The minimum absolute atomic E-state index is 0.429. The molecule has 174 valence electrons. The first-order chi connectivity index (χ1) is 16.6. The number of hydrogen-bond donors (Lipinski definition) is 3. The van der Waals surface area contributed by atoms with E-state index in [2.05, 4.69) is 30.7 Å². The zero-order valence-electron chi connectivity index (χ0n) is 19.3. The number of aromatic nitrogens is 5. The average Bonchev–Trinajstić information content (AvgIpc) is 3.56. The molecule has 0 amide bonds. The lowest BCUT2D eigenvalue weighted by Crippen LogP contribution is -2.35. The lowest BCUT2D eigenvalue weighted by molar-refractivity contribution is 0.199. The molecule has 5 heterocycles. The van der Waals surface area contributed by atoms with Crippen molar-refractivity contribution in [1.29, 1.82) is 0 Å². The lowest BCUT2D eigenvalue weighted by atomic mass is 10.1. The van der Waals surface area contributed by atoms with Crippen LogP contribution in [0, 0.1) is 6.92 Å². The summed E-state index contributed by atoms with van der Waals surface area (Å²) in [5, 5.41) is 25.6. The molecule has 0 saturated carbocycles. The lowest BCUT2D eigenvalue weighted by Gasteiger charge is -2.28. The normalized spacial score (nSPS) is 20.6. The van der Waals surface area contributed by atoms with Gasteiger partial charge in [0.05, 0.1) is 22.8 Å². The second-order valence-electron chi connectivity index (χ2n) is 9.16. The van der Waals surface area contributed by atoms with Crippen LogP contribution in [0.5, 0.6) is 0 Å². The molecule has 0 radical (unpaired) electrons. The quantitative estimate of drug-likeness (QED) is 0.420. The van der Waals surface area contributed by atoms with E-state index in [1.54, 1.807) is 13.3 Å². The number of nitrogens with one attached hydrogen (secondary N) is 2. The summed E-state index contributed by atoms with van der Waals surface area (Å²) < 4.78 is 2.00. The van der Waals surface area contributed by atoms with Crippen LogP contribution in [-0.4, -0.2) is 55.0 Å². The maximum Gasteiger partial charge on any atom is 0.153 e. The highest BCUT2D eigenvalue weighted by Gasteiger charge is 2.39. The molecule has 2 aliphatic rings. The van der Waals surface area contributed by atoms with E-state index in [9.17, 15) is 5.11 Å². The van der Waals surface area contributed by atoms with E-state index in [1.165, 1.54) is 0 Å². The Labute approximate surface area is 197 Å². The van der Waals surface area contributed by atoms with Gasteiger partial charge in [0.25, 0.3) is 0 Å². The Kier molecular flexibility index (Phi) is 5.15. The van der Waals surface area contributed by atoms with E-state index in [0.29, 0.717) is 17.9 Å². The summed E-state index contributed by atoms with van der Waals surface area (Å²) in [5.74, 6) is 2.36. The SMILES string of the molecule is Cc1ccc(Nc2ccc3c(c2)ncn3-c2ccc(C(C)O)c(N3CC[C@H]4NCC[C@@H]43)n2)nn1. The van der Waals surface area contributed by atoms with Gasteiger partial charge in [0.15, 0.2) is 5.82 Å². The Morgan fingerprint density at radius 3 is 2.85 bits per heavy atom. The predicted octanol–water partition coefficient (Wildman–Crippen LogP) is 3.26. The van der Waals surface area contributed by atoms with E-state index in [4.69, 9.17) is 4.98 Å². The second kappa shape index (κ2) is 8.34. The summed E-state index contributed by atoms with van der Waals surface area (Å²) >= 11 is 0. The Hall–Kier alpha value is -3.56. The van der Waals surface area contributed by atoms with Crippen LogP contribution in [0.1, 0.15) is 37.1 Å². The number of imidazole rings is 1. The number of pyridine rings is 1. The molecule has 0 bridgehead atoms. The summed E-state index contributed by atoms with van der Waals surface area (Å²) in [7, 11) is 0. The Morgan fingerprint density at radius 1 is 1.12 bits per heavy atom. The number of fused-ring (bicyclic) bond motifs is 2. The third-order valence-electron chi connectivity index (χ3n) is 6.87. The van der Waals surface area contributed by atoms with Crippen LogP contribution in [-0.2, 0) is 0 Å². The van der Waals surface area contributed by atoms with E-state index >= 15 is 0 Å². The molecule has 1 aromatic carbocycles. The molecule has 0 spiro atoms. The highest BCUT2D eigenvalue weighted by atomic mass is 16.3. The first-order valence-corrected chi connectivity index (χ1v) is 11.8. The summed E-state index contributed by atoms with van der Waals surface area (Å²) in [6.07, 6.45) is 3.43. The Bertz CT molecular complexity index is 1330. The van der Waals surface area contributed by atoms with Crippen LogP contribution < -0.4 is 15.5 Å². The second-order valence-corrected chi connectivity index (χ2v) is 9.16. The minimum Gasteiger partial charge on any atom is -0.389 e. The molecule has 3 N–H and O–H groups in total. The van der Waals surface area contributed by atoms with Gasteiger partial charge < -0.3 is 20.6 Å². The maximum atomic E-state index is 10.4. The monoisotopic (exact) mass is 456 g/mol. The van der Waals surface area contributed by atoms with Crippen molar-refractivity contribution in [3.05, 3.63) is 60.0 Å². The fourth-order valence-electron chi connectivity index (χ4n) is 5.15. The van der Waals surface area contributed by atoms with Crippen molar-refractivity contribution in [2.45, 2.75) is 44.9 Å². The van der Waals surface area contributed by atoms with Crippen LogP contribution in [0.3, 0.4) is 0 Å². The molecular weight excluding hydrogens is 428 g/mol. The zero-order valence-corrected chi connectivity index (χ0v) is 19.3. The molecule has 1 unspecified atom stereocenters. The highest BCUT2D eigenvalue weighted by molar-refractivity contribution is 5.82. The molecular formula is C25H28N8O. The molecule has 9 nitrogen and oxygen atoms in total. The molecule has 3 aromatic heterocycles. The van der Waals surface area contributed by atoms with Crippen molar-refractivity contribution in [3.8, 4) is 5.82 Å². The number of anilines is 3. The number of aliphatic hydroxyl groups excluding tert-OH is 1. The molecule has 2 aliphatic heterocycles. The Balaban J connectivity index is 1.34. The van der Waals surface area contributed by atoms with E-state index in [1.807, 2.05) is 54.0 Å². The van der Waals surface area contributed by atoms with Crippen molar-refractivity contribution >= 4 is 28.4 Å². The van der Waals surface area contributed by atoms with E-state index in [-0.39, 0.29) is 0 Å². The average molecular weight is 457 g/mol. The van der Waals surface area contributed by atoms with Crippen LogP contribution >= 0.6 is 0 Å². The van der Waals surface area contributed by atoms with Crippen molar-refractivity contribution in [1.82, 2.24) is 30.0 Å². The van der Waals surface area contributed by atoms with Gasteiger partial charge in [0, 0.05) is 29.9 Å². The maximum absolute atomic E-state index is 10.4. The third kappa shape index (κ3) is 3.66. The van der Waals surface area contributed by atoms with Gasteiger partial charge in [-0.1, -0.05) is 0 Å². The van der Waals surface area contributed by atoms with Crippen LogP contribution in [0.2, 0.25) is 0 Å². The van der Waals surface area contributed by atoms with Gasteiger partial charge in [0.1, 0.15) is 18.0 Å². The molecule has 9 heteroatoms. The minimum atomic E-state index is -0.581. The summed E-state index contributed by atoms with van der Waals surface area (Å²) in [6.45, 7) is 5.70. The number of benzene rings is 1. The van der Waals surface area contributed by atoms with E-state index < -0.39 is 6.10 Å². The smallest absolute Gasteiger partial charge is 0.153 e. The third-order valence-corrected chi connectivity index (χ3v) is 6.87.